The van der Waals surface area contributed by atoms with Crippen LogP contribution in [-0.2, 0) is 11.3 Å². The molecular weight excluding hydrogens is 388 g/mol. The van der Waals surface area contributed by atoms with E-state index in [-0.39, 0.29) is 17.9 Å². The predicted octanol–water partition coefficient (Wildman–Crippen LogP) is 2.21. The van der Waals surface area contributed by atoms with Crippen LogP contribution in [0, 0.1) is 0 Å². The van der Waals surface area contributed by atoms with Gasteiger partial charge in [-0.05, 0) is 25.5 Å². The van der Waals surface area contributed by atoms with E-state index in [1.165, 1.54) is 18.4 Å². The third-order valence-electron chi connectivity index (χ3n) is 4.69. The van der Waals surface area contributed by atoms with E-state index in [4.69, 9.17) is 9.47 Å². The molecule has 0 saturated carbocycles. The van der Waals surface area contributed by atoms with Crippen molar-refractivity contribution >= 4 is 39.5 Å². The molecule has 3 aromatic heterocycles. The van der Waals surface area contributed by atoms with E-state index in [1.807, 2.05) is 42.5 Å². The lowest BCUT2D eigenvalue weighted by atomic mass is 10.2. The first kappa shape index (κ1) is 19.1. The van der Waals surface area contributed by atoms with Gasteiger partial charge in [-0.1, -0.05) is 30.4 Å². The molecule has 1 aliphatic carbocycles. The Balaban J connectivity index is 2.09. The van der Waals surface area contributed by atoms with Crippen molar-refractivity contribution in [3.63, 3.8) is 0 Å². The first-order chi connectivity index (χ1) is 14.2. The van der Waals surface area contributed by atoms with E-state index in [2.05, 4.69) is 4.98 Å². The topological polar surface area (TPSA) is 70.4 Å². The number of rotatable bonds is 5. The first-order valence-corrected chi connectivity index (χ1v) is 10.1. The van der Waals surface area contributed by atoms with Crippen LogP contribution in [0.5, 0.6) is 5.75 Å². The molecule has 0 unspecified atom stereocenters. The van der Waals surface area contributed by atoms with Gasteiger partial charge in [0, 0.05) is 16.8 Å². The fourth-order valence-electron chi connectivity index (χ4n) is 3.45. The van der Waals surface area contributed by atoms with Gasteiger partial charge in [-0.15, -0.1) is 11.3 Å². The predicted molar refractivity (Wildman–Crippen MR) is 114 cm³/mol. The molecule has 0 atom stereocenters. The van der Waals surface area contributed by atoms with Crippen LogP contribution < -0.4 is 20.9 Å². The quantitative estimate of drug-likeness (QED) is 0.606. The lowest BCUT2D eigenvalue weighted by molar-refractivity contribution is 0.0529. The molecule has 0 aliphatic heterocycles. The molecule has 0 radical (unpaired) electrons. The summed E-state index contributed by atoms with van der Waals surface area (Å²) < 4.78 is 13.1. The number of carbonyl (C=O) groups excluding carboxylic acids is 1. The number of aromatic nitrogens is 2. The average molecular weight is 408 g/mol. The minimum Gasteiger partial charge on any atom is -0.494 e. The SMILES string of the molecule is CCOC(=O)c1sc2c3c(n(Cc4ccccn4)c(=O)c2c1OC)=CCC=CC=3. The highest BCUT2D eigenvalue weighted by atomic mass is 32.1. The van der Waals surface area contributed by atoms with Crippen molar-refractivity contribution < 1.29 is 14.3 Å². The van der Waals surface area contributed by atoms with Gasteiger partial charge in [0.05, 0.1) is 30.7 Å². The molecule has 0 aromatic carbocycles. The first-order valence-electron chi connectivity index (χ1n) is 9.33. The van der Waals surface area contributed by atoms with Crippen molar-refractivity contribution in [3.8, 4) is 5.75 Å². The molecule has 6 nitrogen and oxygen atoms in total. The van der Waals surface area contributed by atoms with Gasteiger partial charge in [0.2, 0.25) is 0 Å². The van der Waals surface area contributed by atoms with Crippen LogP contribution in [0.15, 0.2) is 41.3 Å². The van der Waals surface area contributed by atoms with E-state index in [0.717, 1.165) is 21.0 Å². The van der Waals surface area contributed by atoms with Gasteiger partial charge in [-0.25, -0.2) is 4.79 Å². The maximum Gasteiger partial charge on any atom is 0.352 e. The van der Waals surface area contributed by atoms with E-state index in [9.17, 15) is 9.59 Å². The maximum absolute atomic E-state index is 13.5. The minimum atomic E-state index is -0.483. The standard InChI is InChI=1S/C22H20N2O4S/c1-3-28-22(26)20-18(27-2)17-19(29-20)15-10-5-4-6-11-16(15)24(21(17)25)13-14-9-7-8-12-23-14/h4-5,7-12H,3,6,13H2,1-2H3. The zero-order valence-electron chi connectivity index (χ0n) is 16.2. The number of ether oxygens (including phenoxy) is 2. The van der Waals surface area contributed by atoms with Crippen LogP contribution in [0.3, 0.4) is 0 Å². The van der Waals surface area contributed by atoms with Crippen LogP contribution in [0.1, 0.15) is 28.7 Å². The van der Waals surface area contributed by atoms with Gasteiger partial charge >= 0.3 is 5.97 Å². The normalized spacial score (nSPS) is 12.6. The molecule has 7 heteroatoms. The number of allylic oxidation sites excluding steroid dienone is 2. The Morgan fingerprint density at radius 2 is 2.21 bits per heavy atom. The Labute approximate surface area is 171 Å². The highest BCUT2D eigenvalue weighted by Gasteiger charge is 2.25. The number of carbonyl (C=O) groups is 1. The summed E-state index contributed by atoms with van der Waals surface area (Å²) in [4.78, 5) is 30.7. The number of fused-ring (bicyclic) bond motifs is 3. The molecule has 0 fully saturated rings. The van der Waals surface area contributed by atoms with E-state index < -0.39 is 5.97 Å². The lowest BCUT2D eigenvalue weighted by Crippen LogP contribution is -2.43. The lowest BCUT2D eigenvalue weighted by Gasteiger charge is -2.09. The van der Waals surface area contributed by atoms with Gasteiger partial charge in [0.1, 0.15) is 5.39 Å². The molecule has 0 bridgehead atoms. The van der Waals surface area contributed by atoms with Crippen molar-refractivity contribution in [3.05, 3.63) is 68.0 Å². The molecule has 3 heterocycles. The third kappa shape index (κ3) is 3.38. The second-order valence-corrected chi connectivity index (χ2v) is 7.46. The Kier molecular flexibility index (Phi) is 5.31. The molecule has 148 valence electrons. The smallest absolute Gasteiger partial charge is 0.352 e. The van der Waals surface area contributed by atoms with Gasteiger partial charge in [0.15, 0.2) is 10.6 Å². The summed E-state index contributed by atoms with van der Waals surface area (Å²) in [5.41, 5.74) is 0.571. The summed E-state index contributed by atoms with van der Waals surface area (Å²) in [6.45, 7) is 2.33. The average Bonchev–Trinajstić information content (AvgIpc) is 2.96. The summed E-state index contributed by atoms with van der Waals surface area (Å²) in [5.74, 6) is -0.212. The number of esters is 1. The molecule has 1 aliphatic rings. The van der Waals surface area contributed by atoms with Gasteiger partial charge < -0.3 is 14.0 Å². The molecule has 0 saturated heterocycles. The minimum absolute atomic E-state index is 0.209. The summed E-state index contributed by atoms with van der Waals surface area (Å²) in [6, 6.07) is 5.62. The van der Waals surface area contributed by atoms with Gasteiger partial charge in [-0.3, -0.25) is 9.78 Å². The van der Waals surface area contributed by atoms with Crippen LogP contribution in [-0.4, -0.2) is 29.2 Å². The van der Waals surface area contributed by atoms with E-state index in [0.29, 0.717) is 23.2 Å². The second kappa shape index (κ2) is 8.05. The Morgan fingerprint density at radius 3 is 2.93 bits per heavy atom. The largest absolute Gasteiger partial charge is 0.494 e. The van der Waals surface area contributed by atoms with Crippen LogP contribution in [0.25, 0.3) is 22.2 Å². The fourth-order valence-corrected chi connectivity index (χ4v) is 4.64. The maximum atomic E-state index is 13.5. The van der Waals surface area contributed by atoms with E-state index >= 15 is 0 Å². The zero-order valence-corrected chi connectivity index (χ0v) is 17.0. The Hall–Kier alpha value is -3.19. The van der Waals surface area contributed by atoms with E-state index in [1.54, 1.807) is 17.7 Å². The summed E-state index contributed by atoms with van der Waals surface area (Å²) in [7, 11) is 1.47. The van der Waals surface area contributed by atoms with Gasteiger partial charge in [-0.2, -0.15) is 0 Å². The van der Waals surface area contributed by atoms with Crippen LogP contribution in [0.4, 0.5) is 0 Å². The molecule has 0 spiro atoms. The number of hydrogen-bond acceptors (Lipinski definition) is 6. The highest BCUT2D eigenvalue weighted by molar-refractivity contribution is 7.21. The fraction of sp³-hybridized carbons (Fsp3) is 0.227. The second-order valence-electron chi connectivity index (χ2n) is 6.43. The molecule has 0 N–H and O–H groups in total. The number of nitrogens with zero attached hydrogens (tertiary/aromatic N) is 2. The Bertz CT molecular complexity index is 1290. The molecule has 4 rings (SSSR count). The molecule has 0 amide bonds. The van der Waals surface area contributed by atoms with Crippen LogP contribution >= 0.6 is 11.3 Å². The highest BCUT2D eigenvalue weighted by Crippen LogP contribution is 2.34. The van der Waals surface area contributed by atoms with Crippen molar-refractivity contribution in [1.82, 2.24) is 9.55 Å². The van der Waals surface area contributed by atoms with Gasteiger partial charge in [0.25, 0.3) is 5.56 Å². The number of pyridine rings is 2. The zero-order chi connectivity index (χ0) is 20.4. The summed E-state index contributed by atoms with van der Waals surface area (Å²) in [6.07, 6.45) is 10.4. The molecular formula is C22H20N2O4S. The summed E-state index contributed by atoms with van der Waals surface area (Å²) >= 11 is 1.24. The number of methoxy groups -OCH3 is 1. The Morgan fingerprint density at radius 1 is 1.34 bits per heavy atom. The molecule has 3 aromatic rings. The monoisotopic (exact) mass is 408 g/mol. The number of hydrogen-bond donors (Lipinski definition) is 0. The third-order valence-corrected chi connectivity index (χ3v) is 5.88. The molecule has 29 heavy (non-hydrogen) atoms. The number of thiophene rings is 1. The van der Waals surface area contributed by atoms with Crippen molar-refractivity contribution in [2.45, 2.75) is 19.9 Å². The van der Waals surface area contributed by atoms with Crippen molar-refractivity contribution in [2.75, 3.05) is 13.7 Å². The van der Waals surface area contributed by atoms with Crippen LogP contribution in [0.2, 0.25) is 0 Å². The van der Waals surface area contributed by atoms with Crippen molar-refractivity contribution in [1.29, 1.82) is 0 Å². The van der Waals surface area contributed by atoms with Crippen molar-refractivity contribution in [2.24, 2.45) is 0 Å². The summed E-state index contributed by atoms with van der Waals surface area (Å²) in [5, 5.41) is 2.11.